The van der Waals surface area contributed by atoms with E-state index in [1.54, 1.807) is 20.8 Å². The molecule has 0 fully saturated rings. The molecule has 1 atom stereocenters. The van der Waals surface area contributed by atoms with Crippen molar-refractivity contribution in [1.82, 2.24) is 0 Å². The summed E-state index contributed by atoms with van der Waals surface area (Å²) in [5.41, 5.74) is 0.717. The van der Waals surface area contributed by atoms with Crippen LogP contribution in [-0.4, -0.2) is 29.4 Å². The zero-order valence-electron chi connectivity index (χ0n) is 13.2. The topological polar surface area (TPSA) is 76.0 Å². The summed E-state index contributed by atoms with van der Waals surface area (Å²) in [6.45, 7) is 9.54. The fourth-order valence-corrected chi connectivity index (χ4v) is 2.68. The second-order valence-electron chi connectivity index (χ2n) is 3.84. The van der Waals surface area contributed by atoms with E-state index in [9.17, 15) is 9.90 Å². The maximum Gasteiger partial charge on any atom is 0.352 e. The molecule has 0 aliphatic heterocycles. The van der Waals surface area contributed by atoms with Gasteiger partial charge in [0.1, 0.15) is 12.4 Å². The molecule has 120 valence electrons. The first kappa shape index (κ1) is 19.5. The van der Waals surface area contributed by atoms with Gasteiger partial charge in [0.25, 0.3) is 0 Å². The minimum atomic E-state index is -0.677. The number of aliphatic hydroxyl groups is 2. The number of hydrogen-bond acceptors (Lipinski definition) is 6. The normalized spacial score (nSPS) is 11.7. The third-order valence-electron chi connectivity index (χ3n) is 2.40. The molecular weight excluding hydrogens is 292 g/mol. The van der Waals surface area contributed by atoms with Crippen molar-refractivity contribution in [3.8, 4) is 5.75 Å². The first-order valence-electron chi connectivity index (χ1n) is 6.93. The average Bonchev–Trinajstić information content (AvgIpc) is 2.79. The highest BCUT2D eigenvalue weighted by Crippen LogP contribution is 2.38. The summed E-state index contributed by atoms with van der Waals surface area (Å²) < 4.78 is 10.4. The van der Waals surface area contributed by atoms with Crippen LogP contribution in [0.15, 0.2) is 12.3 Å². The lowest BCUT2D eigenvalue weighted by Crippen LogP contribution is -2.05. The zero-order valence-corrected chi connectivity index (χ0v) is 14.0. The Balaban J connectivity index is 0.00000191. The maximum absolute atomic E-state index is 11.8. The van der Waals surface area contributed by atoms with E-state index in [0.717, 1.165) is 23.2 Å². The molecule has 5 nitrogen and oxygen atoms in total. The van der Waals surface area contributed by atoms with Crippen LogP contribution in [0.2, 0.25) is 0 Å². The third kappa shape index (κ3) is 5.40. The van der Waals surface area contributed by atoms with E-state index < -0.39 is 12.1 Å². The fraction of sp³-hybridized carbons (Fsp3) is 0.533. The molecule has 0 amide bonds. The number of hydrogen-bond donors (Lipinski definition) is 2. The van der Waals surface area contributed by atoms with Crippen molar-refractivity contribution in [2.75, 3.05) is 13.2 Å². The molecule has 0 saturated heterocycles. The van der Waals surface area contributed by atoms with Crippen LogP contribution in [0, 0.1) is 6.92 Å². The minimum Gasteiger partial charge on any atom is -0.516 e. The molecular formula is C15H24O5S. The van der Waals surface area contributed by atoms with Crippen molar-refractivity contribution in [3.05, 3.63) is 27.7 Å². The first-order valence-corrected chi connectivity index (χ1v) is 7.75. The smallest absolute Gasteiger partial charge is 0.352 e. The molecule has 0 aliphatic carbocycles. The second-order valence-corrected chi connectivity index (χ2v) is 4.89. The largest absolute Gasteiger partial charge is 0.516 e. The Bertz CT molecular complexity index is 463. The molecule has 1 heterocycles. The van der Waals surface area contributed by atoms with Gasteiger partial charge in [-0.05, 0) is 26.8 Å². The first-order chi connectivity index (χ1) is 10.0. The van der Waals surface area contributed by atoms with Crippen LogP contribution in [0.1, 0.15) is 53.9 Å². The van der Waals surface area contributed by atoms with E-state index in [4.69, 9.17) is 14.6 Å². The Kier molecular flexibility index (Phi) is 9.49. The molecule has 1 rings (SSSR count). The molecule has 0 aliphatic rings. The van der Waals surface area contributed by atoms with Crippen LogP contribution < -0.4 is 4.74 Å². The van der Waals surface area contributed by atoms with Crippen molar-refractivity contribution in [3.63, 3.8) is 0 Å². The average molecular weight is 316 g/mol. The SMILES string of the molecule is CC.CCOC(=O)c1sc(C(C)O)c(C)c1OC/C=C\O. The van der Waals surface area contributed by atoms with E-state index in [2.05, 4.69) is 0 Å². The van der Waals surface area contributed by atoms with E-state index in [1.165, 1.54) is 6.08 Å². The van der Waals surface area contributed by atoms with Gasteiger partial charge >= 0.3 is 5.97 Å². The maximum atomic E-state index is 11.8. The lowest BCUT2D eigenvalue weighted by atomic mass is 10.2. The van der Waals surface area contributed by atoms with Crippen molar-refractivity contribution < 1.29 is 24.5 Å². The molecule has 0 aromatic carbocycles. The van der Waals surface area contributed by atoms with Gasteiger partial charge in [0.2, 0.25) is 0 Å². The van der Waals surface area contributed by atoms with Gasteiger partial charge in [-0.15, -0.1) is 11.3 Å². The summed E-state index contributed by atoms with van der Waals surface area (Å²) in [5.74, 6) is -0.0667. The Morgan fingerprint density at radius 1 is 1.43 bits per heavy atom. The lowest BCUT2D eigenvalue weighted by molar-refractivity contribution is 0.0528. The molecule has 0 spiro atoms. The van der Waals surface area contributed by atoms with Crippen molar-refractivity contribution in [2.24, 2.45) is 0 Å². The van der Waals surface area contributed by atoms with Gasteiger partial charge in [-0.3, -0.25) is 0 Å². The summed E-state index contributed by atoms with van der Waals surface area (Å²) in [6.07, 6.45) is 1.61. The molecule has 0 saturated carbocycles. The van der Waals surface area contributed by atoms with Gasteiger partial charge in [-0.2, -0.15) is 0 Å². The predicted octanol–water partition coefficient (Wildman–Crippen LogP) is 3.76. The van der Waals surface area contributed by atoms with E-state index in [-0.39, 0.29) is 13.2 Å². The van der Waals surface area contributed by atoms with Crippen molar-refractivity contribution in [2.45, 2.75) is 40.7 Å². The van der Waals surface area contributed by atoms with E-state index >= 15 is 0 Å². The fourth-order valence-electron chi connectivity index (χ4n) is 1.59. The van der Waals surface area contributed by atoms with Gasteiger partial charge in [0, 0.05) is 10.4 Å². The molecule has 1 aromatic rings. The van der Waals surface area contributed by atoms with Gasteiger partial charge in [-0.25, -0.2) is 4.79 Å². The van der Waals surface area contributed by atoms with Crippen LogP contribution in [0.3, 0.4) is 0 Å². The minimum absolute atomic E-state index is 0.139. The number of esters is 1. The number of ether oxygens (including phenoxy) is 2. The Hall–Kier alpha value is -1.53. The van der Waals surface area contributed by atoms with E-state index in [1.807, 2.05) is 13.8 Å². The molecule has 6 heteroatoms. The summed E-state index contributed by atoms with van der Waals surface area (Å²) in [5, 5.41) is 18.3. The predicted molar refractivity (Wildman–Crippen MR) is 84.3 cm³/mol. The second kappa shape index (κ2) is 10.2. The monoisotopic (exact) mass is 316 g/mol. The quantitative estimate of drug-likeness (QED) is 0.617. The Morgan fingerprint density at radius 2 is 2.05 bits per heavy atom. The molecule has 1 aromatic heterocycles. The van der Waals surface area contributed by atoms with Crippen LogP contribution in [-0.2, 0) is 4.74 Å². The highest BCUT2D eigenvalue weighted by atomic mass is 32.1. The van der Waals surface area contributed by atoms with Crippen molar-refractivity contribution in [1.29, 1.82) is 0 Å². The highest BCUT2D eigenvalue weighted by molar-refractivity contribution is 7.14. The van der Waals surface area contributed by atoms with Gasteiger partial charge in [0.15, 0.2) is 4.88 Å². The summed E-state index contributed by atoms with van der Waals surface area (Å²) in [4.78, 5) is 12.9. The number of carbonyl (C=O) groups excluding carboxylic acids is 1. The summed E-state index contributed by atoms with van der Waals surface area (Å²) in [6, 6.07) is 0. The van der Waals surface area contributed by atoms with Gasteiger partial charge in [0.05, 0.1) is 19.0 Å². The third-order valence-corrected chi connectivity index (χ3v) is 3.82. The molecule has 0 radical (unpaired) electrons. The van der Waals surface area contributed by atoms with Crippen LogP contribution in [0.25, 0.3) is 0 Å². The zero-order chi connectivity index (χ0) is 16.4. The van der Waals surface area contributed by atoms with Gasteiger partial charge in [-0.1, -0.05) is 13.8 Å². The van der Waals surface area contributed by atoms with E-state index in [0.29, 0.717) is 15.5 Å². The standard InChI is InChI=1S/C13H18O5S.C2H6/c1-4-17-13(16)12-10(18-7-5-6-14)8(2)11(19-12)9(3)15;1-2/h5-6,9,14-15H,4,7H2,1-3H3;1-2H3/b6-5-;. The number of rotatable bonds is 6. The molecule has 1 unspecified atom stereocenters. The number of thiophene rings is 1. The molecule has 0 bridgehead atoms. The number of carbonyl (C=O) groups is 1. The Morgan fingerprint density at radius 3 is 2.52 bits per heavy atom. The molecule has 21 heavy (non-hydrogen) atoms. The summed E-state index contributed by atoms with van der Waals surface area (Å²) >= 11 is 1.16. The van der Waals surface area contributed by atoms with Gasteiger partial charge < -0.3 is 19.7 Å². The van der Waals surface area contributed by atoms with Crippen LogP contribution in [0.4, 0.5) is 0 Å². The Labute approximate surface area is 129 Å². The number of aliphatic hydroxyl groups excluding tert-OH is 2. The highest BCUT2D eigenvalue weighted by Gasteiger charge is 2.24. The molecule has 2 N–H and O–H groups in total. The lowest BCUT2D eigenvalue weighted by Gasteiger charge is -2.06. The van der Waals surface area contributed by atoms with Crippen LogP contribution in [0.5, 0.6) is 5.75 Å². The summed E-state index contributed by atoms with van der Waals surface area (Å²) in [7, 11) is 0. The van der Waals surface area contributed by atoms with Crippen LogP contribution >= 0.6 is 11.3 Å². The van der Waals surface area contributed by atoms with Crippen molar-refractivity contribution >= 4 is 17.3 Å².